The van der Waals surface area contributed by atoms with E-state index in [2.05, 4.69) is 0 Å². The molecule has 0 spiro atoms. The Kier molecular flexibility index (Phi) is 31.3. The molecule has 0 saturated carbocycles. The third-order valence-corrected chi connectivity index (χ3v) is 1.51. The van der Waals surface area contributed by atoms with E-state index in [1.807, 2.05) is 0 Å². The third kappa shape index (κ3) is 12.1. The van der Waals surface area contributed by atoms with E-state index in [-0.39, 0.29) is 110 Å². The number of hydrogen-bond donors (Lipinski definition) is 6. The third-order valence-electron chi connectivity index (χ3n) is 1.51. The summed E-state index contributed by atoms with van der Waals surface area (Å²) in [7, 11) is 0. The van der Waals surface area contributed by atoms with E-state index < -0.39 is 37.0 Å². The topological polar surface area (TPSA) is 138 Å². The molecular weight excluding hydrogens is 441 g/mol. The van der Waals surface area contributed by atoms with Gasteiger partial charge in [0, 0.05) is 19.5 Å². The zero-order valence-electron chi connectivity index (χ0n) is 13.1. The summed E-state index contributed by atoms with van der Waals surface area (Å²) in [6.45, 7) is -0.843. The molecule has 0 saturated heterocycles. The van der Waals surface area contributed by atoms with Crippen LogP contribution in [-0.4, -0.2) is 128 Å². The van der Waals surface area contributed by atoms with Crippen molar-refractivity contribution < 1.29 is 60.6 Å². The molecule has 7 nitrogen and oxygen atoms in total. The molecule has 6 N–H and O–H groups in total. The molecule has 11 heteroatoms. The summed E-state index contributed by atoms with van der Waals surface area (Å²) in [5.41, 5.74) is 0. The van der Waals surface area contributed by atoms with Crippen LogP contribution < -0.4 is 0 Å². The molecule has 0 rings (SSSR count). The summed E-state index contributed by atoms with van der Waals surface area (Å²) in [6, 6.07) is 0. The van der Waals surface area contributed by atoms with Crippen LogP contribution in [0.15, 0.2) is 0 Å². The fourth-order valence-corrected chi connectivity index (χ4v) is 0.668. The van der Waals surface area contributed by atoms with Crippen LogP contribution in [0.1, 0.15) is 5.71 Å². The summed E-state index contributed by atoms with van der Waals surface area (Å²) in [4.78, 5) is 10.1. The second-order valence-electron chi connectivity index (χ2n) is 2.51. The van der Waals surface area contributed by atoms with Crippen molar-refractivity contribution in [2.75, 3.05) is 6.61 Å². The van der Waals surface area contributed by atoms with Gasteiger partial charge < -0.3 is 36.3 Å². The van der Waals surface area contributed by atoms with E-state index >= 15 is 0 Å². The van der Waals surface area contributed by atoms with Crippen LogP contribution in [0.2, 0.25) is 0 Å². The van der Waals surface area contributed by atoms with E-state index in [1.54, 1.807) is 0 Å². The second-order valence-corrected chi connectivity index (χ2v) is 2.51. The molecule has 0 aliphatic carbocycles. The molecule has 0 bridgehead atoms. The molecule has 0 heterocycles. The van der Waals surface area contributed by atoms with Crippen LogP contribution in [0.3, 0.4) is 0 Å². The van der Waals surface area contributed by atoms with Gasteiger partial charge in [0.15, 0.2) is 6.10 Å². The van der Waals surface area contributed by atoms with Gasteiger partial charge in [0.25, 0.3) is 0 Å². The number of aliphatic hydroxyl groups excluding tert-OH is 5. The zero-order valence-corrected chi connectivity index (χ0v) is 18.1. The van der Waals surface area contributed by atoms with Crippen molar-refractivity contribution in [3.63, 3.8) is 0 Å². The molecule has 0 aliphatic rings. The average molecular weight is 458 g/mol. The van der Waals surface area contributed by atoms with Crippen molar-refractivity contribution in [1.29, 1.82) is 0 Å². The first-order valence-corrected chi connectivity index (χ1v) is 3.47. The van der Waals surface area contributed by atoms with E-state index in [9.17, 15) is 4.79 Å². The Bertz CT molecular complexity index is 206. The first kappa shape index (κ1) is 31.8. The molecule has 0 aromatic heterocycles. The first-order valence-electron chi connectivity index (χ1n) is 3.47. The zero-order chi connectivity index (χ0) is 10.6. The van der Waals surface area contributed by atoms with Gasteiger partial charge in [0.1, 0.15) is 18.3 Å². The van der Waals surface area contributed by atoms with Crippen molar-refractivity contribution >= 4 is 90.7 Å². The van der Waals surface area contributed by atoms with Crippen LogP contribution in [0, 0.1) is 0 Å². The predicted octanol–water partition coefficient (Wildman–Crippen LogP) is -3.19. The molecule has 4 unspecified atom stereocenters. The standard InChI is InChI=1S/C6H12O7.Ca.HI.Mg.Zn.4H/c7-1-2(8)3(9)4(10)5(11)6(12)13;;;;;;;;/h2-5,7-11H,1H2,(H,12,13);;1H;;;;;;/q;+2;;+2;;4*-1. The maximum Gasteiger partial charge on any atom is 2.00 e. The molecule has 0 amide bonds. The Hall–Kier alpha value is 2.65. The van der Waals surface area contributed by atoms with Crippen LogP contribution >= 0.6 is 24.0 Å². The van der Waals surface area contributed by atoms with Gasteiger partial charge in [0.05, 0.1) is 6.61 Å². The van der Waals surface area contributed by atoms with Crippen molar-refractivity contribution in [3.05, 3.63) is 0 Å². The van der Waals surface area contributed by atoms with Gasteiger partial charge in [-0.15, -0.1) is 24.0 Å². The van der Waals surface area contributed by atoms with Crippen molar-refractivity contribution in [1.82, 2.24) is 0 Å². The van der Waals surface area contributed by atoms with Crippen molar-refractivity contribution in [3.8, 4) is 0 Å². The fraction of sp³-hybridized carbons (Fsp3) is 0.833. The monoisotopic (exact) mass is 456 g/mol. The Morgan fingerprint density at radius 3 is 1.71 bits per heavy atom. The molecule has 0 radical (unpaired) electrons. The van der Waals surface area contributed by atoms with Crippen molar-refractivity contribution in [2.24, 2.45) is 0 Å². The van der Waals surface area contributed by atoms with E-state index in [4.69, 9.17) is 30.6 Å². The van der Waals surface area contributed by atoms with Gasteiger partial charge in [-0.25, -0.2) is 4.79 Å². The number of carboxylic acids is 1. The molecule has 0 fully saturated rings. The van der Waals surface area contributed by atoms with Gasteiger partial charge in [0.2, 0.25) is 0 Å². The Balaban J connectivity index is -0.0000000257. The Morgan fingerprint density at radius 1 is 1.12 bits per heavy atom. The summed E-state index contributed by atoms with van der Waals surface area (Å²) >= 11 is 0. The number of aliphatic carboxylic acids is 1. The molecular formula is C6H17CaIMgO7Zn. The molecule has 0 aliphatic heterocycles. The normalized spacial score (nSPS) is 15.6. The minimum atomic E-state index is -2.20. The van der Waals surface area contributed by atoms with Gasteiger partial charge in [-0.05, 0) is 0 Å². The smallest absolute Gasteiger partial charge is 1.00 e. The largest absolute Gasteiger partial charge is 2.00 e. The summed E-state index contributed by atoms with van der Waals surface area (Å²) in [5.74, 6) is -1.73. The molecule has 4 atom stereocenters. The number of aliphatic hydroxyl groups is 5. The van der Waals surface area contributed by atoms with Gasteiger partial charge in [-0.2, -0.15) is 0 Å². The maximum absolute atomic E-state index is 10.1. The average Bonchev–Trinajstić information content (AvgIpc) is 2.12. The predicted molar refractivity (Wildman–Crippen MR) is 70.1 cm³/mol. The molecule has 0 aromatic rings. The number of carbonyl (C=O) groups is 1. The SMILES string of the molecule is I.O=C(O)C(O)C(O)C(O)C(O)CO.[Ca+2].[H-].[H-].[H-].[H-].[Mg+2].[Zn]. The molecule has 96 valence electrons. The van der Waals surface area contributed by atoms with Crippen LogP contribution in [0.25, 0.3) is 0 Å². The van der Waals surface area contributed by atoms with Gasteiger partial charge in [-0.3, -0.25) is 0 Å². The second kappa shape index (κ2) is 16.7. The first-order chi connectivity index (χ1) is 5.91. The maximum atomic E-state index is 10.1. The van der Waals surface area contributed by atoms with Crippen molar-refractivity contribution in [2.45, 2.75) is 24.4 Å². The van der Waals surface area contributed by atoms with Crippen LogP contribution in [0.4, 0.5) is 0 Å². The number of carboxylic acid groups (broad SMARTS) is 1. The Morgan fingerprint density at radius 2 is 1.47 bits per heavy atom. The van der Waals surface area contributed by atoms with E-state index in [1.165, 1.54) is 0 Å². The quantitative estimate of drug-likeness (QED) is 0.189. The number of hydrogen-bond acceptors (Lipinski definition) is 6. The fourth-order valence-electron chi connectivity index (χ4n) is 0.668. The van der Waals surface area contributed by atoms with Crippen LogP contribution in [0.5, 0.6) is 0 Å². The molecule has 0 aromatic carbocycles. The number of rotatable bonds is 5. The van der Waals surface area contributed by atoms with Gasteiger partial charge in [-0.1, -0.05) is 0 Å². The number of halogens is 1. The summed E-state index contributed by atoms with van der Waals surface area (Å²) in [5, 5.41) is 51.8. The van der Waals surface area contributed by atoms with Gasteiger partial charge >= 0.3 is 66.8 Å². The minimum Gasteiger partial charge on any atom is -1.00 e. The summed E-state index contributed by atoms with van der Waals surface area (Å²) < 4.78 is 0. The van der Waals surface area contributed by atoms with E-state index in [0.717, 1.165) is 0 Å². The Labute approximate surface area is 180 Å². The summed E-state index contributed by atoms with van der Waals surface area (Å²) in [6.07, 6.45) is -7.84. The molecule has 17 heavy (non-hydrogen) atoms. The minimum absolute atomic E-state index is 0. The van der Waals surface area contributed by atoms with E-state index in [0.29, 0.717) is 0 Å². The van der Waals surface area contributed by atoms with Crippen LogP contribution in [-0.2, 0) is 24.3 Å².